The second-order valence-electron chi connectivity index (χ2n) is 7.78. The zero-order valence-electron chi connectivity index (χ0n) is 16.6. The van der Waals surface area contributed by atoms with Crippen LogP contribution in [0.1, 0.15) is 71.1 Å². The van der Waals surface area contributed by atoms with Crippen LogP contribution in [0.3, 0.4) is 0 Å². The van der Waals surface area contributed by atoms with Gasteiger partial charge in [0.2, 0.25) is 0 Å². The molecule has 0 saturated carbocycles. The van der Waals surface area contributed by atoms with Gasteiger partial charge in [-0.15, -0.1) is 0 Å². The molecule has 2 heterocycles. The van der Waals surface area contributed by atoms with E-state index in [-0.39, 0.29) is 22.9 Å². The highest BCUT2D eigenvalue weighted by Gasteiger charge is 2.36. The summed E-state index contributed by atoms with van der Waals surface area (Å²) in [6.07, 6.45) is 1.75. The molecule has 1 saturated heterocycles. The number of amides is 3. The number of ether oxygens (including phenoxy) is 1. The third-order valence-corrected chi connectivity index (χ3v) is 5.19. The summed E-state index contributed by atoms with van der Waals surface area (Å²) in [5.41, 5.74) is 0.667. The maximum Gasteiger partial charge on any atom is 0.338 e. The fraction of sp³-hybridized carbons (Fsp3) is 0.524. The summed E-state index contributed by atoms with van der Waals surface area (Å²) < 4.78 is 5.30. The molecule has 2 aliphatic heterocycles. The lowest BCUT2D eigenvalue weighted by Crippen LogP contribution is -2.38. The number of hydrogen-bond acceptors (Lipinski definition) is 5. The second kappa shape index (κ2) is 8.12. The minimum atomic E-state index is -0.890. The Balaban J connectivity index is 1.70. The van der Waals surface area contributed by atoms with Gasteiger partial charge >= 0.3 is 5.97 Å². The molecule has 7 heteroatoms. The predicted molar refractivity (Wildman–Crippen MR) is 102 cm³/mol. The molecule has 150 valence electrons. The summed E-state index contributed by atoms with van der Waals surface area (Å²) >= 11 is 0. The number of carbonyl (C=O) groups is 4. The summed E-state index contributed by atoms with van der Waals surface area (Å²) in [5, 5.41) is 0. The standard InChI is InChI=1S/C21H26N2O5/c1-13(2)8-11-23-19(25)16-7-6-15(12-17(16)20(23)26)21(27)28-14(3)18(24)22-9-4-5-10-22/h6-7,12-14H,4-5,8-11H2,1-3H3/t14-/m0/s1. The topological polar surface area (TPSA) is 84.0 Å². The van der Waals surface area contributed by atoms with Crippen molar-refractivity contribution < 1.29 is 23.9 Å². The van der Waals surface area contributed by atoms with Crippen LogP contribution >= 0.6 is 0 Å². The lowest BCUT2D eigenvalue weighted by Gasteiger charge is -2.20. The van der Waals surface area contributed by atoms with Gasteiger partial charge in [-0.1, -0.05) is 13.8 Å². The van der Waals surface area contributed by atoms with Crippen LogP contribution in [0.4, 0.5) is 0 Å². The monoisotopic (exact) mass is 386 g/mol. The molecular weight excluding hydrogens is 360 g/mol. The van der Waals surface area contributed by atoms with Gasteiger partial charge in [-0.05, 0) is 50.3 Å². The summed E-state index contributed by atoms with van der Waals surface area (Å²) in [6.45, 7) is 7.32. The lowest BCUT2D eigenvalue weighted by molar-refractivity contribution is -0.138. The van der Waals surface area contributed by atoms with Crippen molar-refractivity contribution in [3.63, 3.8) is 0 Å². The van der Waals surface area contributed by atoms with E-state index in [1.165, 1.54) is 23.1 Å². The van der Waals surface area contributed by atoms with Crippen molar-refractivity contribution in [3.05, 3.63) is 34.9 Å². The molecule has 0 bridgehead atoms. The van der Waals surface area contributed by atoms with Gasteiger partial charge < -0.3 is 9.64 Å². The molecule has 0 unspecified atom stereocenters. The third kappa shape index (κ3) is 3.93. The van der Waals surface area contributed by atoms with Crippen LogP contribution in [-0.4, -0.2) is 59.2 Å². The summed E-state index contributed by atoms with van der Waals surface area (Å²) in [5.74, 6) is -1.25. The number of rotatable bonds is 6. The van der Waals surface area contributed by atoms with Crippen molar-refractivity contribution in [2.45, 2.75) is 46.1 Å². The van der Waals surface area contributed by atoms with Crippen molar-refractivity contribution >= 4 is 23.7 Å². The number of carbonyl (C=O) groups excluding carboxylic acids is 4. The fourth-order valence-corrected chi connectivity index (χ4v) is 3.48. The largest absolute Gasteiger partial charge is 0.449 e. The molecule has 1 aromatic carbocycles. The van der Waals surface area contributed by atoms with Crippen LogP contribution in [0.15, 0.2) is 18.2 Å². The van der Waals surface area contributed by atoms with E-state index in [9.17, 15) is 19.2 Å². The van der Waals surface area contributed by atoms with Crippen LogP contribution in [0, 0.1) is 5.92 Å². The van der Waals surface area contributed by atoms with Gasteiger partial charge in [0, 0.05) is 19.6 Å². The molecule has 28 heavy (non-hydrogen) atoms. The molecule has 7 nitrogen and oxygen atoms in total. The quantitative estimate of drug-likeness (QED) is 0.554. The highest BCUT2D eigenvalue weighted by atomic mass is 16.5. The van der Waals surface area contributed by atoms with Gasteiger partial charge in [-0.25, -0.2) is 4.79 Å². The molecule has 0 radical (unpaired) electrons. The molecule has 0 spiro atoms. The molecular formula is C21H26N2O5. The van der Waals surface area contributed by atoms with Crippen molar-refractivity contribution in [1.29, 1.82) is 0 Å². The van der Waals surface area contributed by atoms with Gasteiger partial charge in [0.1, 0.15) is 0 Å². The smallest absolute Gasteiger partial charge is 0.338 e. The van der Waals surface area contributed by atoms with Crippen molar-refractivity contribution in [1.82, 2.24) is 9.80 Å². The Kier molecular flexibility index (Phi) is 5.82. The van der Waals surface area contributed by atoms with Crippen molar-refractivity contribution in [3.8, 4) is 0 Å². The summed E-state index contributed by atoms with van der Waals surface area (Å²) in [6, 6.07) is 4.33. The molecule has 2 aliphatic rings. The van der Waals surface area contributed by atoms with Crippen LogP contribution < -0.4 is 0 Å². The SMILES string of the molecule is CC(C)CCN1C(=O)c2ccc(C(=O)O[C@@H](C)C(=O)N3CCCC3)cc2C1=O. The van der Waals surface area contributed by atoms with E-state index in [2.05, 4.69) is 0 Å². The number of nitrogens with zero attached hydrogens (tertiary/aromatic N) is 2. The van der Waals surface area contributed by atoms with E-state index in [0.29, 0.717) is 31.1 Å². The maximum atomic E-state index is 12.6. The van der Waals surface area contributed by atoms with E-state index in [1.54, 1.807) is 11.8 Å². The number of imide groups is 1. The fourth-order valence-electron chi connectivity index (χ4n) is 3.48. The first-order chi connectivity index (χ1) is 13.3. The Hall–Kier alpha value is -2.70. The zero-order valence-corrected chi connectivity index (χ0v) is 16.6. The van der Waals surface area contributed by atoms with Gasteiger partial charge in [-0.2, -0.15) is 0 Å². The number of esters is 1. The Bertz CT molecular complexity index is 811. The molecule has 1 fully saturated rings. The number of benzene rings is 1. The molecule has 0 aromatic heterocycles. The van der Waals surface area contributed by atoms with Gasteiger partial charge in [0.15, 0.2) is 6.10 Å². The zero-order chi connectivity index (χ0) is 20.4. The van der Waals surface area contributed by atoms with Crippen LogP contribution in [0.5, 0.6) is 0 Å². The highest BCUT2D eigenvalue weighted by Crippen LogP contribution is 2.25. The summed E-state index contributed by atoms with van der Waals surface area (Å²) in [7, 11) is 0. The molecule has 0 aliphatic carbocycles. The molecule has 0 N–H and O–H groups in total. The highest BCUT2D eigenvalue weighted by molar-refractivity contribution is 6.22. The van der Waals surface area contributed by atoms with Gasteiger partial charge in [-0.3, -0.25) is 19.3 Å². The average molecular weight is 386 g/mol. The minimum Gasteiger partial charge on any atom is -0.449 e. The predicted octanol–water partition coefficient (Wildman–Crippen LogP) is 2.50. The van der Waals surface area contributed by atoms with E-state index >= 15 is 0 Å². The first-order valence-corrected chi connectivity index (χ1v) is 9.79. The average Bonchev–Trinajstić information content (AvgIpc) is 3.27. The Labute approximate surface area is 164 Å². The van der Waals surface area contributed by atoms with Crippen LogP contribution in [0.25, 0.3) is 0 Å². The maximum absolute atomic E-state index is 12.6. The molecule has 3 rings (SSSR count). The van der Waals surface area contributed by atoms with Crippen LogP contribution in [-0.2, 0) is 9.53 Å². The van der Waals surface area contributed by atoms with E-state index < -0.39 is 18.0 Å². The van der Waals surface area contributed by atoms with E-state index in [1.807, 2.05) is 13.8 Å². The number of hydrogen-bond donors (Lipinski definition) is 0. The second-order valence-corrected chi connectivity index (χ2v) is 7.78. The third-order valence-electron chi connectivity index (χ3n) is 5.19. The first kappa shape index (κ1) is 20.0. The Morgan fingerprint density at radius 3 is 2.32 bits per heavy atom. The number of fused-ring (bicyclic) bond motifs is 1. The van der Waals surface area contributed by atoms with E-state index in [4.69, 9.17) is 4.74 Å². The van der Waals surface area contributed by atoms with Crippen LogP contribution in [0.2, 0.25) is 0 Å². The Morgan fingerprint density at radius 1 is 1.04 bits per heavy atom. The number of likely N-dealkylation sites (tertiary alicyclic amines) is 1. The summed E-state index contributed by atoms with van der Waals surface area (Å²) in [4.78, 5) is 52.7. The van der Waals surface area contributed by atoms with Crippen molar-refractivity contribution in [2.24, 2.45) is 5.92 Å². The van der Waals surface area contributed by atoms with E-state index in [0.717, 1.165) is 19.3 Å². The first-order valence-electron chi connectivity index (χ1n) is 9.79. The molecule has 3 amide bonds. The Morgan fingerprint density at radius 2 is 1.68 bits per heavy atom. The molecule has 1 atom stereocenters. The minimum absolute atomic E-state index is 0.159. The van der Waals surface area contributed by atoms with Gasteiger partial charge in [0.05, 0.1) is 16.7 Å². The molecule has 1 aromatic rings. The van der Waals surface area contributed by atoms with Gasteiger partial charge in [0.25, 0.3) is 17.7 Å². The normalized spacial score (nSPS) is 17.3. The van der Waals surface area contributed by atoms with Crippen molar-refractivity contribution in [2.75, 3.05) is 19.6 Å². The lowest BCUT2D eigenvalue weighted by atomic mass is 10.1.